The third kappa shape index (κ3) is 10.6. The molecule has 0 saturated heterocycles. The second-order valence-electron chi connectivity index (χ2n) is 9.99. The molecular formula is C32H44Cl2SiZr-2. The Kier molecular flexibility index (Phi) is 17.4. The van der Waals surface area contributed by atoms with E-state index in [1.54, 1.807) is 23.3 Å². The van der Waals surface area contributed by atoms with Gasteiger partial charge in [0.1, 0.15) is 0 Å². The van der Waals surface area contributed by atoms with Crippen molar-refractivity contribution >= 4 is 27.0 Å². The topological polar surface area (TPSA) is 0 Å². The zero-order valence-corrected chi connectivity index (χ0v) is 28.6. The van der Waals surface area contributed by atoms with Gasteiger partial charge in [0.05, 0.1) is 0 Å². The summed E-state index contributed by atoms with van der Waals surface area (Å²) < 4.78 is 0. The molecule has 0 N–H and O–H groups in total. The molecule has 0 nitrogen and oxygen atoms in total. The Morgan fingerprint density at radius 2 is 0.944 bits per heavy atom. The Labute approximate surface area is 248 Å². The van der Waals surface area contributed by atoms with Crippen LogP contribution >= 0.6 is 0 Å². The van der Waals surface area contributed by atoms with Crippen molar-refractivity contribution in [2.24, 2.45) is 0 Å². The van der Waals surface area contributed by atoms with Crippen molar-refractivity contribution in [2.45, 2.75) is 93.2 Å². The zero-order valence-electron chi connectivity index (χ0n) is 23.6. The SMILES string of the molecule is CCCCc1cc2c(C)ccc(C)c2[cH-]1.CCCCc1cc2c(C)ccc(C)c2[cH-]1.C[Si](C)=[Zr+2].[Cl-].[Cl-]. The first kappa shape index (κ1) is 35.3. The van der Waals surface area contributed by atoms with Crippen LogP contribution in [0.15, 0.2) is 48.5 Å². The van der Waals surface area contributed by atoms with Gasteiger partial charge in [0.15, 0.2) is 0 Å². The molecule has 0 spiro atoms. The van der Waals surface area contributed by atoms with E-state index in [9.17, 15) is 0 Å². The molecule has 4 heteroatoms. The van der Waals surface area contributed by atoms with Crippen LogP contribution < -0.4 is 24.8 Å². The van der Waals surface area contributed by atoms with Gasteiger partial charge < -0.3 is 24.8 Å². The molecule has 0 heterocycles. The van der Waals surface area contributed by atoms with E-state index in [-0.39, 0.29) is 30.2 Å². The van der Waals surface area contributed by atoms with E-state index in [0.717, 1.165) is 0 Å². The monoisotopic (exact) mass is 616 g/mol. The van der Waals surface area contributed by atoms with E-state index in [2.05, 4.69) is 103 Å². The summed E-state index contributed by atoms with van der Waals surface area (Å²) in [6, 6.07) is 18.4. The summed E-state index contributed by atoms with van der Waals surface area (Å²) in [5, 5.41) is 5.78. The standard InChI is InChI=1S/2C15H19.C2H6Si.2ClH.Zr/c2*1-4-5-6-13-9-14-11(2)7-8-12(3)15(14)10-13;1-3-2;;;/h2*7-10H,4-6H2,1-3H3;1-2H3;2*1H;/q2*-1;;;;+2/p-2. The van der Waals surface area contributed by atoms with Crippen LogP contribution in [0.5, 0.6) is 0 Å². The van der Waals surface area contributed by atoms with E-state index >= 15 is 0 Å². The summed E-state index contributed by atoms with van der Waals surface area (Å²) >= 11 is 1.74. The minimum absolute atomic E-state index is 0. The minimum Gasteiger partial charge on any atom is -1.00 e. The molecule has 0 unspecified atom stereocenters. The molecule has 0 saturated carbocycles. The molecule has 4 aromatic rings. The van der Waals surface area contributed by atoms with E-state index in [4.69, 9.17) is 0 Å². The summed E-state index contributed by atoms with van der Waals surface area (Å²) in [6.45, 7) is 17.9. The first-order valence-electron chi connectivity index (χ1n) is 13.0. The number of aryl methyl sites for hydroxylation is 6. The van der Waals surface area contributed by atoms with Gasteiger partial charge in [-0.05, 0) is 26.7 Å². The third-order valence-corrected chi connectivity index (χ3v) is 6.40. The predicted molar refractivity (Wildman–Crippen MR) is 153 cm³/mol. The van der Waals surface area contributed by atoms with Crippen LogP contribution in [0.2, 0.25) is 13.1 Å². The van der Waals surface area contributed by atoms with Crippen LogP contribution in [0.3, 0.4) is 0 Å². The molecule has 0 aromatic heterocycles. The smallest absolute Gasteiger partial charge is 1.00 e. The molecule has 0 aliphatic rings. The number of benzene rings is 2. The van der Waals surface area contributed by atoms with Crippen molar-refractivity contribution in [3.05, 3.63) is 81.9 Å². The average Bonchev–Trinajstić information content (AvgIpc) is 3.42. The Balaban J connectivity index is 0.000000566. The minimum atomic E-state index is 0. The fourth-order valence-electron chi connectivity index (χ4n) is 4.35. The van der Waals surface area contributed by atoms with Gasteiger partial charge in [-0.1, -0.05) is 76.6 Å². The number of hydrogen-bond acceptors (Lipinski definition) is 0. The summed E-state index contributed by atoms with van der Waals surface area (Å²) in [7, 11) is 0. The Bertz CT molecular complexity index is 1040. The van der Waals surface area contributed by atoms with Crippen molar-refractivity contribution in [3.8, 4) is 0 Å². The largest absolute Gasteiger partial charge is 1.00 e. The second kappa shape index (κ2) is 17.8. The van der Waals surface area contributed by atoms with Crippen LogP contribution in [0.1, 0.15) is 72.9 Å². The molecule has 0 atom stereocenters. The van der Waals surface area contributed by atoms with Gasteiger partial charge in [-0.15, -0.1) is 68.1 Å². The summed E-state index contributed by atoms with van der Waals surface area (Å²) in [4.78, 5) is 0. The Morgan fingerprint density at radius 1 is 0.639 bits per heavy atom. The van der Waals surface area contributed by atoms with Gasteiger partial charge >= 0.3 is 41.9 Å². The van der Waals surface area contributed by atoms with Crippen molar-refractivity contribution < 1.29 is 48.1 Å². The van der Waals surface area contributed by atoms with Gasteiger partial charge in [-0.2, -0.15) is 12.1 Å². The maximum Gasteiger partial charge on any atom is -1.00 e. The molecule has 36 heavy (non-hydrogen) atoms. The average molecular weight is 619 g/mol. The predicted octanol–water partition coefficient (Wildman–Crippen LogP) is 3.83. The molecule has 4 aromatic carbocycles. The van der Waals surface area contributed by atoms with E-state index < -0.39 is 0 Å². The molecule has 0 bridgehead atoms. The third-order valence-electron chi connectivity index (χ3n) is 6.40. The number of rotatable bonds is 6. The number of hydrogen-bond donors (Lipinski definition) is 0. The van der Waals surface area contributed by atoms with Crippen LogP contribution in [0, 0.1) is 27.7 Å². The molecule has 0 amide bonds. The molecular weight excluding hydrogens is 575 g/mol. The fraction of sp³-hybridized carbons (Fsp3) is 0.438. The Morgan fingerprint density at radius 3 is 1.22 bits per heavy atom. The fourth-order valence-corrected chi connectivity index (χ4v) is 4.35. The first-order valence-corrected chi connectivity index (χ1v) is 19.2. The van der Waals surface area contributed by atoms with Gasteiger partial charge in [0.25, 0.3) is 0 Å². The molecule has 196 valence electrons. The van der Waals surface area contributed by atoms with Crippen LogP contribution in [-0.2, 0) is 36.2 Å². The number of fused-ring (bicyclic) bond motifs is 2. The summed E-state index contributed by atoms with van der Waals surface area (Å²) in [6.07, 6.45) is 7.61. The first-order chi connectivity index (χ1) is 16.2. The second-order valence-corrected chi connectivity index (χ2v) is 19.4. The van der Waals surface area contributed by atoms with Crippen molar-refractivity contribution in [1.82, 2.24) is 0 Å². The van der Waals surface area contributed by atoms with Gasteiger partial charge in [-0.3, -0.25) is 0 Å². The zero-order chi connectivity index (χ0) is 25.3. The van der Waals surface area contributed by atoms with Gasteiger partial charge in [-0.25, -0.2) is 0 Å². The maximum atomic E-state index is 2.37. The van der Waals surface area contributed by atoms with E-state index in [0.29, 0.717) is 0 Å². The summed E-state index contributed by atoms with van der Waals surface area (Å²) in [5.74, 6) is 0. The van der Waals surface area contributed by atoms with Crippen LogP contribution in [0.4, 0.5) is 0 Å². The van der Waals surface area contributed by atoms with Crippen LogP contribution in [-0.4, -0.2) is 5.43 Å². The normalized spacial score (nSPS) is 10.1. The van der Waals surface area contributed by atoms with Gasteiger partial charge in [0, 0.05) is 0 Å². The van der Waals surface area contributed by atoms with Crippen molar-refractivity contribution in [3.63, 3.8) is 0 Å². The number of halogens is 2. The van der Waals surface area contributed by atoms with Crippen molar-refractivity contribution in [2.75, 3.05) is 0 Å². The molecule has 0 aliphatic carbocycles. The quantitative estimate of drug-likeness (QED) is 0.228. The van der Waals surface area contributed by atoms with E-state index in [1.165, 1.54) is 93.5 Å². The molecule has 4 rings (SSSR count). The molecule has 0 radical (unpaired) electrons. The van der Waals surface area contributed by atoms with E-state index in [1.807, 2.05) is 0 Å². The van der Waals surface area contributed by atoms with Gasteiger partial charge in [0.2, 0.25) is 0 Å². The Hall–Kier alpha value is -0.660. The molecule has 0 aliphatic heterocycles. The van der Waals surface area contributed by atoms with Crippen LogP contribution in [0.25, 0.3) is 21.5 Å². The maximum absolute atomic E-state index is 2.37. The van der Waals surface area contributed by atoms with Crippen molar-refractivity contribution in [1.29, 1.82) is 0 Å². The molecule has 0 fully saturated rings. The number of unbranched alkanes of at least 4 members (excludes halogenated alkanes) is 2. The summed E-state index contributed by atoms with van der Waals surface area (Å²) in [5.41, 5.74) is 8.82.